The molecule has 0 amide bonds. The molecule has 4 aromatic rings. The number of fused-ring (bicyclic) bond motifs is 1. The van der Waals surface area contributed by atoms with Crippen LogP contribution in [0.2, 0.25) is 10.0 Å². The highest BCUT2D eigenvalue weighted by Gasteiger charge is 2.20. The van der Waals surface area contributed by atoms with Gasteiger partial charge in [0.15, 0.2) is 10.8 Å². The molecule has 4 rings (SSSR count). The summed E-state index contributed by atoms with van der Waals surface area (Å²) in [7, 11) is 0. The van der Waals surface area contributed by atoms with Crippen molar-refractivity contribution in [1.29, 1.82) is 0 Å². The Kier molecular flexibility index (Phi) is 4.92. The van der Waals surface area contributed by atoms with E-state index in [1.807, 2.05) is 6.92 Å². The van der Waals surface area contributed by atoms with Crippen LogP contribution in [0.15, 0.2) is 46.1 Å². The number of benzene rings is 1. The van der Waals surface area contributed by atoms with Crippen LogP contribution in [-0.4, -0.2) is 29.7 Å². The van der Waals surface area contributed by atoms with Crippen molar-refractivity contribution in [3.05, 3.63) is 62.6 Å². The molecule has 0 saturated carbocycles. The summed E-state index contributed by atoms with van der Waals surface area (Å²) in [6, 6.07) is 7.48. The molecule has 0 fully saturated rings. The van der Waals surface area contributed by atoms with E-state index in [1.54, 1.807) is 28.8 Å². The summed E-state index contributed by atoms with van der Waals surface area (Å²) in [5.74, 6) is 0.651. The molecule has 1 unspecified atom stereocenters. The Morgan fingerprint density at radius 1 is 1.18 bits per heavy atom. The van der Waals surface area contributed by atoms with Gasteiger partial charge < -0.3 is 4.42 Å². The van der Waals surface area contributed by atoms with E-state index < -0.39 is 4.92 Å². The number of hydrogen-bond acceptors (Lipinski definition) is 8. The first-order valence-electron chi connectivity index (χ1n) is 7.87. The van der Waals surface area contributed by atoms with Gasteiger partial charge in [0.05, 0.1) is 20.2 Å². The van der Waals surface area contributed by atoms with Crippen LogP contribution in [-0.2, 0) is 0 Å². The van der Waals surface area contributed by atoms with Crippen LogP contribution >= 0.6 is 35.0 Å². The van der Waals surface area contributed by atoms with Crippen molar-refractivity contribution in [1.82, 2.24) is 24.8 Å². The van der Waals surface area contributed by atoms with Gasteiger partial charge in [-0.05, 0) is 25.1 Å². The maximum absolute atomic E-state index is 10.8. The number of halogens is 2. The van der Waals surface area contributed by atoms with Crippen molar-refractivity contribution < 1.29 is 9.34 Å². The van der Waals surface area contributed by atoms with Crippen molar-refractivity contribution in [3.8, 4) is 11.5 Å². The number of hydrogen-bond donors (Lipinski definition) is 0. The Bertz CT molecular complexity index is 1180. The molecule has 142 valence electrons. The molecule has 1 atom stereocenters. The van der Waals surface area contributed by atoms with E-state index in [0.29, 0.717) is 32.3 Å². The molecule has 1 aromatic carbocycles. The van der Waals surface area contributed by atoms with Gasteiger partial charge in [-0.2, -0.15) is 0 Å². The fraction of sp³-hybridized carbons (Fsp3) is 0.125. The highest BCUT2D eigenvalue weighted by atomic mass is 35.5. The zero-order valence-electron chi connectivity index (χ0n) is 14.1. The summed E-state index contributed by atoms with van der Waals surface area (Å²) in [5, 5.41) is 28.2. The number of rotatable bonds is 5. The minimum absolute atomic E-state index is 0.0107. The Morgan fingerprint density at radius 3 is 2.64 bits per heavy atom. The van der Waals surface area contributed by atoms with Crippen molar-refractivity contribution in [2.45, 2.75) is 17.3 Å². The van der Waals surface area contributed by atoms with Crippen LogP contribution in [0, 0.1) is 10.1 Å². The number of thioether (sulfide) groups is 1. The third-order valence-electron chi connectivity index (χ3n) is 3.79. The third kappa shape index (κ3) is 3.53. The molecule has 28 heavy (non-hydrogen) atoms. The lowest BCUT2D eigenvalue weighted by Crippen LogP contribution is -1.93. The second-order valence-corrected chi connectivity index (χ2v) is 7.84. The maximum Gasteiger partial charge on any atom is 0.269 e. The summed E-state index contributed by atoms with van der Waals surface area (Å²) < 4.78 is 7.41. The second kappa shape index (κ2) is 7.38. The average molecular weight is 437 g/mol. The van der Waals surface area contributed by atoms with Crippen molar-refractivity contribution >= 4 is 46.3 Å². The van der Waals surface area contributed by atoms with Gasteiger partial charge in [0, 0.05) is 23.9 Å². The number of nitrogens with zero attached hydrogens (tertiary/aromatic N) is 6. The molecule has 0 aliphatic carbocycles. The Hall–Kier alpha value is -2.69. The fourth-order valence-electron chi connectivity index (χ4n) is 2.43. The number of non-ortho nitro benzene ring substituents is 1. The quantitative estimate of drug-likeness (QED) is 0.248. The van der Waals surface area contributed by atoms with Gasteiger partial charge in [-0.25, -0.2) is 0 Å². The van der Waals surface area contributed by atoms with E-state index >= 15 is 0 Å². The number of nitro groups is 1. The summed E-state index contributed by atoms with van der Waals surface area (Å²) >= 11 is 13.5. The van der Waals surface area contributed by atoms with Crippen molar-refractivity contribution in [3.63, 3.8) is 0 Å². The minimum atomic E-state index is -0.469. The minimum Gasteiger partial charge on any atom is -0.419 e. The predicted octanol–water partition coefficient (Wildman–Crippen LogP) is 4.85. The van der Waals surface area contributed by atoms with E-state index in [0.717, 1.165) is 0 Å². The Morgan fingerprint density at radius 2 is 1.93 bits per heavy atom. The van der Waals surface area contributed by atoms with Crippen LogP contribution in [0.4, 0.5) is 5.69 Å². The van der Waals surface area contributed by atoms with Gasteiger partial charge in [-0.1, -0.05) is 35.0 Å². The monoisotopic (exact) mass is 436 g/mol. The summed E-state index contributed by atoms with van der Waals surface area (Å²) in [6.07, 6.45) is 1.67. The number of nitro benzene ring substituents is 1. The average Bonchev–Trinajstić information content (AvgIpc) is 3.30. The molecule has 0 radical (unpaired) electrons. The van der Waals surface area contributed by atoms with Gasteiger partial charge >= 0.3 is 0 Å². The largest absolute Gasteiger partial charge is 0.419 e. The van der Waals surface area contributed by atoms with Crippen LogP contribution in [0.3, 0.4) is 0 Å². The molecular formula is C16H10Cl2N6O3S. The molecule has 3 aromatic heterocycles. The third-order valence-corrected chi connectivity index (χ3v) is 5.32. The van der Waals surface area contributed by atoms with E-state index in [4.69, 9.17) is 27.6 Å². The Labute approximate surface area is 171 Å². The molecule has 0 spiro atoms. The smallest absolute Gasteiger partial charge is 0.269 e. The van der Waals surface area contributed by atoms with Crippen LogP contribution in [0.5, 0.6) is 0 Å². The standard InChI is InChI=1S/C16H10Cl2N6O3S/c1-8(28-16-22-19-13-12(18)6-10(17)7-23(13)16)14-20-21-15(27-14)9-2-4-11(5-3-9)24(25)26/h2-8H,1H3. The fourth-order valence-corrected chi connectivity index (χ4v) is 3.79. The lowest BCUT2D eigenvalue weighted by molar-refractivity contribution is -0.384. The molecule has 0 aliphatic rings. The number of aromatic nitrogens is 5. The molecule has 0 N–H and O–H groups in total. The van der Waals surface area contributed by atoms with Crippen molar-refractivity contribution in [2.24, 2.45) is 0 Å². The molecular weight excluding hydrogens is 427 g/mol. The first kappa shape index (κ1) is 18.7. The topological polar surface area (TPSA) is 112 Å². The van der Waals surface area contributed by atoms with Gasteiger partial charge in [-0.15, -0.1) is 20.4 Å². The van der Waals surface area contributed by atoms with Crippen LogP contribution in [0.25, 0.3) is 17.1 Å². The molecule has 0 bridgehead atoms. The molecule has 12 heteroatoms. The first-order chi connectivity index (χ1) is 13.4. The lowest BCUT2D eigenvalue weighted by Gasteiger charge is -2.05. The predicted molar refractivity (Wildman–Crippen MR) is 104 cm³/mol. The molecule has 0 aliphatic heterocycles. The van der Waals surface area contributed by atoms with Gasteiger partial charge in [-0.3, -0.25) is 14.5 Å². The zero-order chi connectivity index (χ0) is 19.8. The highest BCUT2D eigenvalue weighted by molar-refractivity contribution is 7.99. The molecule has 3 heterocycles. The van der Waals surface area contributed by atoms with Crippen molar-refractivity contribution in [2.75, 3.05) is 0 Å². The van der Waals surface area contributed by atoms with E-state index in [2.05, 4.69) is 20.4 Å². The van der Waals surface area contributed by atoms with E-state index in [-0.39, 0.29) is 16.8 Å². The van der Waals surface area contributed by atoms with Gasteiger partial charge in [0.25, 0.3) is 5.69 Å². The molecule has 9 nitrogen and oxygen atoms in total. The summed E-state index contributed by atoms with van der Waals surface area (Å²) in [6.45, 7) is 1.88. The normalized spacial score (nSPS) is 12.4. The first-order valence-corrected chi connectivity index (χ1v) is 9.50. The Balaban J connectivity index is 1.57. The highest BCUT2D eigenvalue weighted by Crippen LogP contribution is 2.35. The maximum atomic E-state index is 10.8. The SMILES string of the molecule is CC(Sc1nnc2c(Cl)cc(Cl)cn12)c1nnc(-c2ccc([N+](=O)[O-])cc2)o1. The van der Waals surface area contributed by atoms with Crippen LogP contribution < -0.4 is 0 Å². The van der Waals surface area contributed by atoms with E-state index in [1.165, 1.54) is 23.9 Å². The van der Waals surface area contributed by atoms with Gasteiger partial charge in [0.2, 0.25) is 11.8 Å². The van der Waals surface area contributed by atoms with Gasteiger partial charge in [0.1, 0.15) is 0 Å². The summed E-state index contributed by atoms with van der Waals surface area (Å²) in [5.41, 5.74) is 1.08. The lowest BCUT2D eigenvalue weighted by atomic mass is 10.2. The zero-order valence-corrected chi connectivity index (χ0v) is 16.4. The van der Waals surface area contributed by atoms with Crippen LogP contribution in [0.1, 0.15) is 18.1 Å². The summed E-state index contributed by atoms with van der Waals surface area (Å²) in [4.78, 5) is 10.3. The second-order valence-electron chi connectivity index (χ2n) is 5.69. The molecule has 0 saturated heterocycles. The van der Waals surface area contributed by atoms with E-state index in [9.17, 15) is 10.1 Å². The number of pyridine rings is 1.